The summed E-state index contributed by atoms with van der Waals surface area (Å²) in [5.74, 6) is 2.43. The first-order valence-electron chi connectivity index (χ1n) is 8.32. The van der Waals surface area contributed by atoms with Crippen LogP contribution in [-0.2, 0) is 4.79 Å². The lowest BCUT2D eigenvalue weighted by Gasteiger charge is -2.21. The summed E-state index contributed by atoms with van der Waals surface area (Å²) in [6.45, 7) is 8.21. The van der Waals surface area contributed by atoms with Crippen LogP contribution in [0.15, 0.2) is 18.2 Å². The van der Waals surface area contributed by atoms with Crippen molar-refractivity contribution in [2.75, 3.05) is 32.8 Å². The third-order valence-corrected chi connectivity index (χ3v) is 5.05. The Kier molecular flexibility index (Phi) is 4.67. The SMILES string of the molecule is Cc1ccc(OCC(=O)N2CC[C@@H]3CNC[C@@H]3CC2)c(C)c1. The predicted molar refractivity (Wildman–Crippen MR) is 87.1 cm³/mol. The van der Waals surface area contributed by atoms with Crippen LogP contribution in [0.4, 0.5) is 0 Å². The third-order valence-electron chi connectivity index (χ3n) is 5.05. The van der Waals surface area contributed by atoms with Crippen LogP contribution in [0.5, 0.6) is 5.75 Å². The van der Waals surface area contributed by atoms with Gasteiger partial charge in [0.2, 0.25) is 0 Å². The van der Waals surface area contributed by atoms with Crippen molar-refractivity contribution in [2.45, 2.75) is 26.7 Å². The lowest BCUT2D eigenvalue weighted by Crippen LogP contribution is -2.36. The highest BCUT2D eigenvalue weighted by atomic mass is 16.5. The summed E-state index contributed by atoms with van der Waals surface area (Å²) in [5.41, 5.74) is 2.30. The van der Waals surface area contributed by atoms with Crippen molar-refractivity contribution in [2.24, 2.45) is 11.8 Å². The number of likely N-dealkylation sites (tertiary alicyclic amines) is 1. The van der Waals surface area contributed by atoms with Crippen LogP contribution >= 0.6 is 0 Å². The molecule has 2 aliphatic rings. The highest BCUT2D eigenvalue weighted by Crippen LogP contribution is 2.27. The van der Waals surface area contributed by atoms with E-state index < -0.39 is 0 Å². The second-order valence-electron chi connectivity index (χ2n) is 6.69. The lowest BCUT2D eigenvalue weighted by molar-refractivity contribution is -0.133. The van der Waals surface area contributed by atoms with E-state index in [0.29, 0.717) is 0 Å². The number of hydrogen-bond donors (Lipinski definition) is 1. The fourth-order valence-corrected chi connectivity index (χ4v) is 3.66. The highest BCUT2D eigenvalue weighted by Gasteiger charge is 2.31. The normalized spacial score (nSPS) is 24.7. The number of carbonyl (C=O) groups is 1. The van der Waals surface area contributed by atoms with E-state index in [9.17, 15) is 4.79 Å². The molecular weight excluding hydrogens is 276 g/mol. The van der Waals surface area contributed by atoms with Gasteiger partial charge in [-0.1, -0.05) is 17.7 Å². The molecular formula is C18H26N2O2. The molecule has 2 saturated heterocycles. The molecule has 4 heteroatoms. The van der Waals surface area contributed by atoms with Gasteiger partial charge in [0, 0.05) is 13.1 Å². The minimum absolute atomic E-state index is 0.118. The van der Waals surface area contributed by atoms with Gasteiger partial charge < -0.3 is 15.0 Å². The van der Waals surface area contributed by atoms with Gasteiger partial charge in [-0.05, 0) is 63.2 Å². The average Bonchev–Trinajstić information content (AvgIpc) is 2.85. The van der Waals surface area contributed by atoms with Crippen LogP contribution in [-0.4, -0.2) is 43.6 Å². The molecule has 1 amide bonds. The third kappa shape index (κ3) is 3.43. The Balaban J connectivity index is 1.53. The zero-order chi connectivity index (χ0) is 15.5. The molecule has 22 heavy (non-hydrogen) atoms. The van der Waals surface area contributed by atoms with E-state index >= 15 is 0 Å². The maximum absolute atomic E-state index is 12.4. The molecule has 1 aromatic rings. The van der Waals surface area contributed by atoms with Crippen molar-refractivity contribution >= 4 is 5.91 Å². The quantitative estimate of drug-likeness (QED) is 0.930. The van der Waals surface area contributed by atoms with Gasteiger partial charge in [-0.25, -0.2) is 0 Å². The van der Waals surface area contributed by atoms with E-state index in [-0.39, 0.29) is 12.5 Å². The van der Waals surface area contributed by atoms with Crippen LogP contribution < -0.4 is 10.1 Å². The second-order valence-corrected chi connectivity index (χ2v) is 6.69. The molecule has 0 aromatic heterocycles. The van der Waals surface area contributed by atoms with E-state index in [1.807, 2.05) is 24.0 Å². The second kappa shape index (κ2) is 6.69. The van der Waals surface area contributed by atoms with Crippen molar-refractivity contribution in [3.63, 3.8) is 0 Å². The fraction of sp³-hybridized carbons (Fsp3) is 0.611. The standard InChI is InChI=1S/C18H26N2O2/c1-13-3-4-17(14(2)9-13)22-12-18(21)20-7-5-15-10-19-11-16(15)6-8-20/h3-4,9,15-16,19H,5-8,10-12H2,1-2H3/t15-,16+. The molecule has 0 bridgehead atoms. The minimum atomic E-state index is 0.118. The summed E-state index contributed by atoms with van der Waals surface area (Å²) >= 11 is 0. The summed E-state index contributed by atoms with van der Waals surface area (Å²) in [4.78, 5) is 14.4. The Morgan fingerprint density at radius 3 is 2.55 bits per heavy atom. The van der Waals surface area contributed by atoms with Gasteiger partial charge >= 0.3 is 0 Å². The molecule has 0 saturated carbocycles. The van der Waals surface area contributed by atoms with Crippen LogP contribution in [0, 0.1) is 25.7 Å². The Hall–Kier alpha value is -1.55. The van der Waals surface area contributed by atoms with Crippen molar-refractivity contribution in [3.05, 3.63) is 29.3 Å². The van der Waals surface area contributed by atoms with Gasteiger partial charge in [-0.2, -0.15) is 0 Å². The number of ether oxygens (including phenoxy) is 1. The molecule has 0 unspecified atom stereocenters. The number of nitrogens with zero attached hydrogens (tertiary/aromatic N) is 1. The molecule has 3 rings (SSSR count). The molecule has 4 nitrogen and oxygen atoms in total. The van der Waals surface area contributed by atoms with E-state index in [4.69, 9.17) is 4.74 Å². The van der Waals surface area contributed by atoms with Gasteiger partial charge in [0.25, 0.3) is 5.91 Å². The number of fused-ring (bicyclic) bond motifs is 1. The van der Waals surface area contributed by atoms with Crippen LogP contribution in [0.3, 0.4) is 0 Å². The van der Waals surface area contributed by atoms with Gasteiger partial charge in [0.1, 0.15) is 5.75 Å². The van der Waals surface area contributed by atoms with Gasteiger partial charge in [0.05, 0.1) is 0 Å². The monoisotopic (exact) mass is 302 g/mol. The number of nitrogens with one attached hydrogen (secondary N) is 1. The molecule has 1 N–H and O–H groups in total. The topological polar surface area (TPSA) is 41.6 Å². The van der Waals surface area contributed by atoms with Crippen molar-refractivity contribution in [1.82, 2.24) is 10.2 Å². The Morgan fingerprint density at radius 2 is 1.91 bits per heavy atom. The van der Waals surface area contributed by atoms with Crippen LogP contribution in [0.25, 0.3) is 0 Å². The Bertz CT molecular complexity index is 530. The summed E-state index contributed by atoms with van der Waals surface area (Å²) in [7, 11) is 0. The molecule has 2 aliphatic heterocycles. The summed E-state index contributed by atoms with van der Waals surface area (Å²) in [6.07, 6.45) is 2.24. The fourth-order valence-electron chi connectivity index (χ4n) is 3.66. The van der Waals surface area contributed by atoms with Gasteiger partial charge in [-0.15, -0.1) is 0 Å². The maximum Gasteiger partial charge on any atom is 0.260 e. The Morgan fingerprint density at radius 1 is 1.23 bits per heavy atom. The molecule has 0 spiro atoms. The number of aryl methyl sites for hydroxylation is 2. The molecule has 0 aliphatic carbocycles. The van der Waals surface area contributed by atoms with E-state index in [1.165, 1.54) is 5.56 Å². The van der Waals surface area contributed by atoms with E-state index in [0.717, 1.165) is 62.2 Å². The molecule has 120 valence electrons. The number of rotatable bonds is 3. The summed E-state index contributed by atoms with van der Waals surface area (Å²) in [5, 5.41) is 3.47. The number of amides is 1. The molecule has 2 atom stereocenters. The summed E-state index contributed by atoms with van der Waals surface area (Å²) < 4.78 is 5.74. The van der Waals surface area contributed by atoms with Gasteiger partial charge in [-0.3, -0.25) is 4.79 Å². The van der Waals surface area contributed by atoms with Crippen molar-refractivity contribution < 1.29 is 9.53 Å². The highest BCUT2D eigenvalue weighted by molar-refractivity contribution is 5.77. The zero-order valence-corrected chi connectivity index (χ0v) is 13.6. The van der Waals surface area contributed by atoms with Crippen molar-refractivity contribution in [3.8, 4) is 5.75 Å². The first kappa shape index (κ1) is 15.3. The van der Waals surface area contributed by atoms with E-state index in [2.05, 4.69) is 18.3 Å². The first-order valence-corrected chi connectivity index (χ1v) is 8.32. The molecule has 2 heterocycles. The average molecular weight is 302 g/mol. The first-order chi connectivity index (χ1) is 10.6. The maximum atomic E-state index is 12.4. The predicted octanol–water partition coefficient (Wildman–Crippen LogP) is 2.14. The van der Waals surface area contributed by atoms with Crippen LogP contribution in [0.1, 0.15) is 24.0 Å². The number of hydrogen-bond acceptors (Lipinski definition) is 3. The smallest absolute Gasteiger partial charge is 0.260 e. The van der Waals surface area contributed by atoms with Gasteiger partial charge in [0.15, 0.2) is 6.61 Å². The van der Waals surface area contributed by atoms with Crippen molar-refractivity contribution in [1.29, 1.82) is 0 Å². The molecule has 2 fully saturated rings. The summed E-state index contributed by atoms with van der Waals surface area (Å²) in [6, 6.07) is 6.06. The number of benzene rings is 1. The molecule has 1 aromatic carbocycles. The lowest BCUT2D eigenvalue weighted by atomic mass is 9.92. The van der Waals surface area contributed by atoms with E-state index in [1.54, 1.807) is 0 Å². The van der Waals surface area contributed by atoms with Crippen LogP contribution in [0.2, 0.25) is 0 Å². The molecule has 0 radical (unpaired) electrons. The largest absolute Gasteiger partial charge is 0.484 e. The minimum Gasteiger partial charge on any atom is -0.484 e. The zero-order valence-electron chi connectivity index (χ0n) is 13.6. The number of carbonyl (C=O) groups excluding carboxylic acids is 1. The Labute approximate surface area is 132 Å².